The first-order chi connectivity index (χ1) is 10.0. The van der Waals surface area contributed by atoms with Crippen LogP contribution in [0.1, 0.15) is 24.9 Å². The van der Waals surface area contributed by atoms with Gasteiger partial charge in [-0.15, -0.1) is 6.42 Å². The van der Waals surface area contributed by atoms with Crippen LogP contribution in [-0.4, -0.2) is 14.7 Å². The summed E-state index contributed by atoms with van der Waals surface area (Å²) in [6, 6.07) is 6.51. The van der Waals surface area contributed by atoms with E-state index in [2.05, 4.69) is 10.9 Å². The summed E-state index contributed by atoms with van der Waals surface area (Å²) < 4.78 is 1.04. The predicted octanol–water partition coefficient (Wildman–Crippen LogP) is 1.80. The highest BCUT2D eigenvalue weighted by Crippen LogP contribution is 2.28. The van der Waals surface area contributed by atoms with Gasteiger partial charge in [0.1, 0.15) is 11.6 Å². The molecular formula is C16H16N2O3. The van der Waals surface area contributed by atoms with E-state index in [1.54, 1.807) is 19.1 Å². The molecule has 1 unspecified atom stereocenters. The molecule has 0 bridgehead atoms. The number of hydrogen-bond donors (Lipinski definition) is 2. The molecule has 5 nitrogen and oxygen atoms in total. The fourth-order valence-electron chi connectivity index (χ4n) is 2.30. The molecule has 1 aromatic heterocycles. The van der Waals surface area contributed by atoms with E-state index in [0.717, 1.165) is 10.1 Å². The highest BCUT2D eigenvalue weighted by atomic mass is 16.3. The van der Waals surface area contributed by atoms with E-state index in [9.17, 15) is 14.7 Å². The molecule has 0 aliphatic rings. The van der Waals surface area contributed by atoms with Crippen molar-refractivity contribution >= 4 is 0 Å². The Morgan fingerprint density at radius 1 is 1.38 bits per heavy atom. The van der Waals surface area contributed by atoms with Gasteiger partial charge in [-0.1, -0.05) is 37.1 Å². The highest BCUT2D eigenvalue weighted by molar-refractivity contribution is 5.70. The SMILES string of the molecule is C#CC(CC)n1c(O)c(-c2ccccc2C)c(=O)[nH]c1=O. The molecule has 0 saturated carbocycles. The number of nitrogens with zero attached hydrogens (tertiary/aromatic N) is 1. The van der Waals surface area contributed by atoms with Crippen LogP contribution in [0.3, 0.4) is 0 Å². The molecular weight excluding hydrogens is 268 g/mol. The van der Waals surface area contributed by atoms with Gasteiger partial charge in [-0.2, -0.15) is 0 Å². The predicted molar refractivity (Wildman–Crippen MR) is 81.3 cm³/mol. The third-order valence-electron chi connectivity index (χ3n) is 3.42. The van der Waals surface area contributed by atoms with E-state index >= 15 is 0 Å². The van der Waals surface area contributed by atoms with Gasteiger partial charge in [-0.05, 0) is 24.5 Å². The number of aromatic hydroxyl groups is 1. The molecule has 1 heterocycles. The van der Waals surface area contributed by atoms with Crippen LogP contribution in [0.25, 0.3) is 11.1 Å². The van der Waals surface area contributed by atoms with Crippen LogP contribution in [0.2, 0.25) is 0 Å². The van der Waals surface area contributed by atoms with Crippen molar-refractivity contribution in [3.63, 3.8) is 0 Å². The first-order valence-electron chi connectivity index (χ1n) is 6.61. The summed E-state index contributed by atoms with van der Waals surface area (Å²) in [6.45, 7) is 3.62. The zero-order valence-electron chi connectivity index (χ0n) is 11.9. The first kappa shape index (κ1) is 14.7. The van der Waals surface area contributed by atoms with E-state index in [4.69, 9.17) is 6.42 Å². The fraction of sp³-hybridized carbons (Fsp3) is 0.250. The molecule has 1 aromatic carbocycles. The third-order valence-corrected chi connectivity index (χ3v) is 3.42. The molecule has 0 radical (unpaired) electrons. The second-order valence-electron chi connectivity index (χ2n) is 4.73. The second-order valence-corrected chi connectivity index (χ2v) is 4.73. The van der Waals surface area contributed by atoms with Crippen molar-refractivity contribution in [2.24, 2.45) is 0 Å². The van der Waals surface area contributed by atoms with Gasteiger partial charge >= 0.3 is 5.69 Å². The minimum absolute atomic E-state index is 0.0569. The maximum absolute atomic E-state index is 12.1. The normalized spacial score (nSPS) is 11.9. The molecule has 0 fully saturated rings. The number of rotatable bonds is 3. The first-order valence-corrected chi connectivity index (χ1v) is 6.61. The number of aromatic amines is 1. The van der Waals surface area contributed by atoms with Crippen LogP contribution < -0.4 is 11.2 Å². The molecule has 2 rings (SSSR count). The Kier molecular flexibility index (Phi) is 3.99. The van der Waals surface area contributed by atoms with Gasteiger partial charge in [0.25, 0.3) is 5.56 Å². The minimum Gasteiger partial charge on any atom is -0.494 e. The van der Waals surface area contributed by atoms with Gasteiger partial charge in [-0.3, -0.25) is 9.78 Å². The topological polar surface area (TPSA) is 75.1 Å². The van der Waals surface area contributed by atoms with Crippen LogP contribution in [0.4, 0.5) is 0 Å². The molecule has 0 aliphatic carbocycles. The van der Waals surface area contributed by atoms with Crippen molar-refractivity contribution in [1.82, 2.24) is 9.55 Å². The van der Waals surface area contributed by atoms with Gasteiger partial charge in [0.15, 0.2) is 0 Å². The average Bonchev–Trinajstić information content (AvgIpc) is 2.45. The lowest BCUT2D eigenvalue weighted by Gasteiger charge is -2.16. The quantitative estimate of drug-likeness (QED) is 0.844. The Morgan fingerprint density at radius 2 is 2.05 bits per heavy atom. The van der Waals surface area contributed by atoms with Crippen molar-refractivity contribution < 1.29 is 5.11 Å². The molecule has 2 N–H and O–H groups in total. The van der Waals surface area contributed by atoms with E-state index in [1.807, 2.05) is 19.1 Å². The summed E-state index contributed by atoms with van der Waals surface area (Å²) in [5, 5.41) is 10.4. The number of aryl methyl sites for hydroxylation is 1. The van der Waals surface area contributed by atoms with Gasteiger partial charge in [0, 0.05) is 0 Å². The number of H-pyrrole nitrogens is 1. The van der Waals surface area contributed by atoms with Crippen LogP contribution in [-0.2, 0) is 0 Å². The lowest BCUT2D eigenvalue weighted by Crippen LogP contribution is -2.33. The lowest BCUT2D eigenvalue weighted by molar-refractivity contribution is 0.387. The summed E-state index contributed by atoms with van der Waals surface area (Å²) in [5.74, 6) is 2.04. The maximum Gasteiger partial charge on any atom is 0.332 e. The average molecular weight is 284 g/mol. The highest BCUT2D eigenvalue weighted by Gasteiger charge is 2.20. The molecule has 108 valence electrons. The molecule has 0 amide bonds. The number of aromatic nitrogens is 2. The molecule has 0 aliphatic heterocycles. The smallest absolute Gasteiger partial charge is 0.332 e. The van der Waals surface area contributed by atoms with Gasteiger partial charge in [0.05, 0.1) is 0 Å². The molecule has 21 heavy (non-hydrogen) atoms. The van der Waals surface area contributed by atoms with Crippen LogP contribution >= 0.6 is 0 Å². The van der Waals surface area contributed by atoms with E-state index in [0.29, 0.717) is 12.0 Å². The zero-order chi connectivity index (χ0) is 15.6. The van der Waals surface area contributed by atoms with E-state index < -0.39 is 23.2 Å². The Morgan fingerprint density at radius 3 is 2.62 bits per heavy atom. The standard InChI is InChI=1S/C16H16N2O3/c1-4-11(5-2)18-15(20)13(14(19)17-16(18)21)12-9-7-6-8-10(12)3/h1,6-9,11,20H,5H2,2-3H3,(H,17,19,21). The number of hydrogen-bond acceptors (Lipinski definition) is 3. The van der Waals surface area contributed by atoms with Gasteiger partial charge < -0.3 is 5.11 Å². The Labute approximate surface area is 121 Å². The van der Waals surface area contributed by atoms with Crippen molar-refractivity contribution in [3.8, 4) is 29.4 Å². The van der Waals surface area contributed by atoms with Crippen LogP contribution in [0.5, 0.6) is 5.88 Å². The van der Waals surface area contributed by atoms with Crippen molar-refractivity contribution in [2.75, 3.05) is 0 Å². The largest absolute Gasteiger partial charge is 0.494 e. The molecule has 2 aromatic rings. The van der Waals surface area contributed by atoms with Crippen molar-refractivity contribution in [3.05, 3.63) is 50.7 Å². The molecule has 0 spiro atoms. The maximum atomic E-state index is 12.1. The Balaban J connectivity index is 2.84. The number of benzene rings is 1. The summed E-state index contributed by atoms with van der Waals surface area (Å²) >= 11 is 0. The minimum atomic E-state index is -0.709. The molecule has 0 saturated heterocycles. The summed E-state index contributed by atoms with van der Waals surface area (Å²) in [7, 11) is 0. The number of nitrogens with one attached hydrogen (secondary N) is 1. The van der Waals surface area contributed by atoms with Crippen molar-refractivity contribution in [1.29, 1.82) is 0 Å². The van der Waals surface area contributed by atoms with E-state index in [1.165, 1.54) is 0 Å². The zero-order valence-corrected chi connectivity index (χ0v) is 11.9. The van der Waals surface area contributed by atoms with Crippen LogP contribution in [0, 0.1) is 19.3 Å². The van der Waals surface area contributed by atoms with Crippen molar-refractivity contribution in [2.45, 2.75) is 26.3 Å². The monoisotopic (exact) mass is 284 g/mol. The van der Waals surface area contributed by atoms with E-state index in [-0.39, 0.29) is 5.56 Å². The summed E-state index contributed by atoms with van der Waals surface area (Å²) in [5.41, 5.74) is 0.102. The summed E-state index contributed by atoms with van der Waals surface area (Å²) in [6.07, 6.45) is 5.86. The second kappa shape index (κ2) is 5.71. The number of terminal acetylenes is 1. The Hall–Kier alpha value is -2.74. The third kappa shape index (κ3) is 2.48. The lowest BCUT2D eigenvalue weighted by atomic mass is 10.0. The molecule has 1 atom stereocenters. The fourth-order valence-corrected chi connectivity index (χ4v) is 2.30. The van der Waals surface area contributed by atoms with Gasteiger partial charge in [0.2, 0.25) is 5.88 Å². The Bertz CT molecular complexity index is 825. The molecule has 5 heteroatoms. The van der Waals surface area contributed by atoms with Crippen LogP contribution in [0.15, 0.2) is 33.9 Å². The summed E-state index contributed by atoms with van der Waals surface area (Å²) in [4.78, 5) is 26.2. The van der Waals surface area contributed by atoms with Gasteiger partial charge in [-0.25, -0.2) is 9.36 Å².